The minimum Gasteiger partial charge on any atom is -0.460 e. The number of imidazole rings is 1. The van der Waals surface area contributed by atoms with E-state index in [9.17, 15) is 9.59 Å². The van der Waals surface area contributed by atoms with Crippen molar-refractivity contribution in [1.29, 1.82) is 0 Å². The molecule has 3 aromatic heterocycles. The van der Waals surface area contributed by atoms with Crippen LogP contribution in [0.2, 0.25) is 0 Å². The third kappa shape index (κ3) is 13.0. The molecule has 4 heterocycles. The van der Waals surface area contributed by atoms with Gasteiger partial charge in [-0.25, -0.2) is 9.67 Å². The Kier molecular flexibility index (Phi) is 16.5. The van der Waals surface area contributed by atoms with Gasteiger partial charge in [0.05, 0.1) is 90.2 Å². The highest BCUT2D eigenvalue weighted by atomic mass is 16.6. The van der Waals surface area contributed by atoms with Crippen molar-refractivity contribution in [2.45, 2.75) is 71.4 Å². The zero-order chi connectivity index (χ0) is 39.9. The summed E-state index contributed by atoms with van der Waals surface area (Å²) >= 11 is 0. The number of carbonyl (C=O) groups excluding carboxylic acids is 1. The number of benzene rings is 1. The Morgan fingerprint density at radius 1 is 0.857 bits per heavy atom. The van der Waals surface area contributed by atoms with E-state index in [4.69, 9.17) is 38.4 Å². The first kappa shape index (κ1) is 43.1. The van der Waals surface area contributed by atoms with Gasteiger partial charge in [-0.05, 0) is 78.2 Å². The Balaban J connectivity index is 0.969. The van der Waals surface area contributed by atoms with Crippen LogP contribution in [-0.4, -0.2) is 126 Å². The number of pyridine rings is 1. The van der Waals surface area contributed by atoms with E-state index in [0.717, 1.165) is 60.6 Å². The number of hydrogen-bond donors (Lipinski definition) is 0. The normalized spacial score (nSPS) is 14.8. The number of carbonyl (C=O) groups is 1. The zero-order valence-corrected chi connectivity index (χ0v) is 34.0. The van der Waals surface area contributed by atoms with Gasteiger partial charge >= 0.3 is 5.97 Å². The van der Waals surface area contributed by atoms with E-state index >= 15 is 0 Å². The van der Waals surface area contributed by atoms with Crippen LogP contribution in [0, 0.1) is 6.92 Å². The first-order valence-electron chi connectivity index (χ1n) is 19.8. The lowest BCUT2D eigenvalue weighted by atomic mass is 9.93. The lowest BCUT2D eigenvalue weighted by molar-refractivity contribution is -0.156. The quantitative estimate of drug-likeness (QED) is 0.0775. The fourth-order valence-electron chi connectivity index (χ4n) is 6.73. The largest absolute Gasteiger partial charge is 0.460 e. The van der Waals surface area contributed by atoms with E-state index in [1.54, 1.807) is 7.05 Å². The minimum absolute atomic E-state index is 0.0140. The van der Waals surface area contributed by atoms with Crippen LogP contribution >= 0.6 is 0 Å². The van der Waals surface area contributed by atoms with Gasteiger partial charge in [0.25, 0.3) is 5.56 Å². The predicted octanol–water partition coefficient (Wildman–Crippen LogP) is 5.10. The minimum atomic E-state index is -0.479. The molecular formula is C42H60N6O8. The van der Waals surface area contributed by atoms with Gasteiger partial charge in [0, 0.05) is 30.8 Å². The molecule has 0 spiro atoms. The Bertz CT molecular complexity index is 1840. The molecule has 14 heteroatoms. The van der Waals surface area contributed by atoms with Gasteiger partial charge in [-0.1, -0.05) is 30.3 Å². The second kappa shape index (κ2) is 21.5. The van der Waals surface area contributed by atoms with E-state index in [1.807, 2.05) is 46.0 Å². The van der Waals surface area contributed by atoms with Crippen LogP contribution < -0.4 is 5.56 Å². The number of aromatic nitrogens is 5. The van der Waals surface area contributed by atoms with Crippen molar-refractivity contribution in [2.24, 2.45) is 7.05 Å². The van der Waals surface area contributed by atoms with E-state index in [2.05, 4.69) is 51.8 Å². The summed E-state index contributed by atoms with van der Waals surface area (Å²) in [5, 5.41) is 4.59. The molecule has 0 aliphatic carbocycles. The number of fused-ring (bicyclic) bond motifs is 1. The lowest BCUT2D eigenvalue weighted by Gasteiger charge is -2.31. The molecule has 1 atom stereocenters. The van der Waals surface area contributed by atoms with Gasteiger partial charge in [0.1, 0.15) is 16.8 Å². The van der Waals surface area contributed by atoms with Gasteiger partial charge in [-0.2, -0.15) is 5.10 Å². The molecular weight excluding hydrogens is 716 g/mol. The molecule has 0 bridgehead atoms. The maximum absolute atomic E-state index is 12.5. The maximum Gasteiger partial charge on any atom is 0.308 e. The van der Waals surface area contributed by atoms with Crippen LogP contribution in [0.4, 0.5) is 0 Å². The van der Waals surface area contributed by atoms with Gasteiger partial charge in [-0.15, -0.1) is 0 Å². The summed E-state index contributed by atoms with van der Waals surface area (Å²) < 4.78 is 36.8. The number of nitrogens with zero attached hydrogens (tertiary/aromatic N) is 6. The summed E-state index contributed by atoms with van der Waals surface area (Å²) in [6, 6.07) is 14.4. The van der Waals surface area contributed by atoms with Crippen LogP contribution in [0.5, 0.6) is 0 Å². The number of aryl methyl sites for hydroxylation is 2. The van der Waals surface area contributed by atoms with Gasteiger partial charge < -0.3 is 37.9 Å². The summed E-state index contributed by atoms with van der Waals surface area (Å²) in [6.45, 7) is 17.2. The standard InChI is InChI=1S/C42H60N6O8/c1-31-28-36(45-46(6)41(31)50)40-44-37-30-43-35(29-38(37)48(40)32(2)33-10-8-7-9-11-33)34-12-15-47(16-13-34)17-19-52-21-23-54-25-27-55-26-24-53-22-20-51-18-14-39(49)56-42(3,4)5/h7-11,28-30,32,34H,12-27H2,1-6H3/t32-/m0/s1. The Morgan fingerprint density at radius 3 is 2.04 bits per heavy atom. The monoisotopic (exact) mass is 776 g/mol. The first-order chi connectivity index (χ1) is 27.0. The summed E-state index contributed by atoms with van der Waals surface area (Å²) in [4.78, 5) is 36.5. The van der Waals surface area contributed by atoms with Crippen molar-refractivity contribution >= 4 is 17.0 Å². The molecule has 0 radical (unpaired) electrons. The SMILES string of the molecule is Cc1cc(-c2nc3cnc(C4CCN(CCOCCOCCOCCOCCOCCC(=O)OC(C)(C)C)CC4)cc3n2[C@@H](C)c2ccccc2)nn(C)c1=O. The van der Waals surface area contributed by atoms with Crippen molar-refractivity contribution in [3.8, 4) is 11.5 Å². The highest BCUT2D eigenvalue weighted by Crippen LogP contribution is 2.34. The second-order valence-corrected chi connectivity index (χ2v) is 15.1. The average Bonchev–Trinajstić information content (AvgIpc) is 3.56. The fourth-order valence-corrected chi connectivity index (χ4v) is 6.73. The summed E-state index contributed by atoms with van der Waals surface area (Å²) in [7, 11) is 1.68. The number of ether oxygens (including phenoxy) is 6. The predicted molar refractivity (Wildman–Crippen MR) is 214 cm³/mol. The molecule has 0 unspecified atom stereocenters. The molecule has 1 aliphatic heterocycles. The molecule has 14 nitrogen and oxygen atoms in total. The number of esters is 1. The molecule has 306 valence electrons. The van der Waals surface area contributed by atoms with E-state index < -0.39 is 5.60 Å². The van der Waals surface area contributed by atoms with Crippen LogP contribution in [0.15, 0.2) is 53.5 Å². The van der Waals surface area contributed by atoms with E-state index in [-0.39, 0.29) is 24.0 Å². The van der Waals surface area contributed by atoms with Crippen LogP contribution in [0.3, 0.4) is 0 Å². The van der Waals surface area contributed by atoms with E-state index in [1.165, 1.54) is 4.68 Å². The van der Waals surface area contributed by atoms with Crippen LogP contribution in [0.1, 0.15) is 75.7 Å². The molecule has 4 aromatic rings. The van der Waals surface area contributed by atoms with Gasteiger partial charge in [0.2, 0.25) is 0 Å². The average molecular weight is 777 g/mol. The third-order valence-corrected chi connectivity index (χ3v) is 9.65. The Morgan fingerprint density at radius 2 is 1.45 bits per heavy atom. The molecule has 1 saturated heterocycles. The molecule has 0 saturated carbocycles. The molecule has 0 N–H and O–H groups in total. The van der Waals surface area contributed by atoms with Crippen LogP contribution in [-0.2, 0) is 40.3 Å². The van der Waals surface area contributed by atoms with Crippen molar-refractivity contribution in [2.75, 3.05) is 85.7 Å². The number of piperidine rings is 1. The molecule has 56 heavy (non-hydrogen) atoms. The smallest absolute Gasteiger partial charge is 0.308 e. The van der Waals surface area contributed by atoms with Crippen molar-refractivity contribution < 1.29 is 33.2 Å². The Labute approximate surface area is 330 Å². The molecule has 1 aliphatic rings. The number of rotatable bonds is 22. The lowest BCUT2D eigenvalue weighted by Crippen LogP contribution is -2.35. The highest BCUT2D eigenvalue weighted by Gasteiger charge is 2.25. The fraction of sp³-hybridized carbons (Fsp3) is 0.595. The van der Waals surface area contributed by atoms with E-state index in [0.29, 0.717) is 83.2 Å². The molecule has 1 fully saturated rings. The third-order valence-electron chi connectivity index (χ3n) is 9.65. The number of hydrogen-bond acceptors (Lipinski definition) is 12. The Hall–Kier alpha value is -4.05. The van der Waals surface area contributed by atoms with Crippen LogP contribution in [0.25, 0.3) is 22.6 Å². The summed E-state index contributed by atoms with van der Waals surface area (Å²) in [5.41, 5.74) is 4.76. The zero-order valence-electron chi connectivity index (χ0n) is 34.0. The summed E-state index contributed by atoms with van der Waals surface area (Å²) in [6.07, 6.45) is 4.16. The van der Waals surface area contributed by atoms with Crippen molar-refractivity contribution in [3.05, 3.63) is 75.8 Å². The van der Waals surface area contributed by atoms with Crippen molar-refractivity contribution in [3.63, 3.8) is 0 Å². The molecule has 0 amide bonds. The second-order valence-electron chi connectivity index (χ2n) is 15.1. The van der Waals surface area contributed by atoms with Crippen molar-refractivity contribution in [1.82, 2.24) is 29.2 Å². The molecule has 5 rings (SSSR count). The van der Waals surface area contributed by atoms with Gasteiger partial charge in [0.15, 0.2) is 5.82 Å². The first-order valence-corrected chi connectivity index (χ1v) is 19.8. The number of likely N-dealkylation sites (tertiary alicyclic amines) is 1. The maximum atomic E-state index is 12.5. The topological polar surface area (TPSA) is 141 Å². The molecule has 1 aromatic carbocycles. The summed E-state index contributed by atoms with van der Waals surface area (Å²) in [5.74, 6) is 0.811. The highest BCUT2D eigenvalue weighted by molar-refractivity contribution is 5.80. The van der Waals surface area contributed by atoms with Gasteiger partial charge in [-0.3, -0.25) is 14.6 Å².